The molecule has 0 aliphatic heterocycles. The molecule has 0 fully saturated rings. The fraction of sp³-hybridized carbons (Fsp3) is 0.118. The van der Waals surface area contributed by atoms with Crippen LogP contribution in [0.1, 0.15) is 10.6 Å². The van der Waals surface area contributed by atoms with E-state index >= 15 is 0 Å². The molecule has 0 aliphatic rings. The molecule has 3 nitrogen and oxygen atoms in total. The minimum absolute atomic E-state index is 0.0719. The van der Waals surface area contributed by atoms with Gasteiger partial charge in [-0.3, -0.25) is 0 Å². The van der Waals surface area contributed by atoms with Crippen molar-refractivity contribution in [2.45, 2.75) is 13.2 Å². The molecule has 21 heavy (non-hydrogen) atoms. The molecule has 0 saturated carbocycles. The Bertz CT molecular complexity index is 890. The summed E-state index contributed by atoms with van der Waals surface area (Å²) in [5.74, 6) is 0. The Hall–Kier alpha value is -2.17. The average molecular weight is 294 g/mol. The zero-order valence-electron chi connectivity index (χ0n) is 11.4. The molecule has 0 spiro atoms. The van der Waals surface area contributed by atoms with Gasteiger partial charge in [-0.05, 0) is 29.8 Å². The van der Waals surface area contributed by atoms with Crippen molar-refractivity contribution < 1.29 is 5.11 Å². The maximum atomic E-state index is 9.41. The number of nitrogens with zero attached hydrogens (tertiary/aromatic N) is 2. The number of rotatable bonds is 3. The third-order valence-electron chi connectivity index (χ3n) is 3.72. The fourth-order valence-corrected chi connectivity index (χ4v) is 3.66. The molecule has 0 aliphatic carbocycles. The summed E-state index contributed by atoms with van der Waals surface area (Å²) < 4.78 is 3.41. The van der Waals surface area contributed by atoms with E-state index in [1.165, 1.54) is 4.70 Å². The van der Waals surface area contributed by atoms with Crippen LogP contribution >= 0.6 is 11.3 Å². The van der Waals surface area contributed by atoms with Gasteiger partial charge in [0, 0.05) is 17.1 Å². The van der Waals surface area contributed by atoms with Gasteiger partial charge >= 0.3 is 0 Å². The lowest BCUT2D eigenvalue weighted by molar-refractivity contribution is 0.283. The van der Waals surface area contributed by atoms with Crippen LogP contribution in [0.2, 0.25) is 0 Å². The second kappa shape index (κ2) is 4.98. The van der Waals surface area contributed by atoms with E-state index in [2.05, 4.69) is 33.9 Å². The van der Waals surface area contributed by atoms with Crippen LogP contribution in [0.15, 0.2) is 54.7 Å². The molecule has 4 aromatic rings. The molecule has 0 bridgehead atoms. The topological polar surface area (TPSA) is 38.0 Å². The van der Waals surface area contributed by atoms with Crippen molar-refractivity contribution in [3.8, 4) is 0 Å². The molecule has 2 aromatic carbocycles. The quantitative estimate of drug-likeness (QED) is 0.624. The highest BCUT2D eigenvalue weighted by Crippen LogP contribution is 2.25. The molecule has 0 saturated heterocycles. The number of fused-ring (bicyclic) bond motifs is 2. The maximum absolute atomic E-state index is 9.41. The van der Waals surface area contributed by atoms with Gasteiger partial charge < -0.3 is 9.67 Å². The van der Waals surface area contributed by atoms with Gasteiger partial charge in [0.15, 0.2) is 0 Å². The number of hydrogen-bond acceptors (Lipinski definition) is 3. The third kappa shape index (κ3) is 2.13. The normalized spacial score (nSPS) is 11.5. The SMILES string of the molecule is OCc1cccc2c1ccn2Cc1nc2ccccc2s1. The Morgan fingerprint density at radius 3 is 2.81 bits per heavy atom. The first-order valence-electron chi connectivity index (χ1n) is 6.87. The van der Waals surface area contributed by atoms with E-state index in [-0.39, 0.29) is 6.61 Å². The van der Waals surface area contributed by atoms with Crippen molar-refractivity contribution in [1.29, 1.82) is 0 Å². The molecule has 104 valence electrons. The standard InChI is InChI=1S/C17H14N2OS/c20-11-12-4-3-6-15-13(12)8-9-19(15)10-17-18-14-5-1-2-7-16(14)21-17/h1-9,20H,10-11H2. The smallest absolute Gasteiger partial charge is 0.114 e. The molecule has 0 radical (unpaired) electrons. The van der Waals surface area contributed by atoms with E-state index in [9.17, 15) is 5.11 Å². The van der Waals surface area contributed by atoms with E-state index in [0.717, 1.165) is 33.5 Å². The van der Waals surface area contributed by atoms with Crippen LogP contribution in [0.25, 0.3) is 21.1 Å². The maximum Gasteiger partial charge on any atom is 0.114 e. The molecule has 0 unspecified atom stereocenters. The minimum Gasteiger partial charge on any atom is -0.392 e. The van der Waals surface area contributed by atoms with Crippen molar-refractivity contribution in [2.24, 2.45) is 0 Å². The molecular formula is C17H14N2OS. The number of thiazole rings is 1. The van der Waals surface area contributed by atoms with Crippen LogP contribution in [0.3, 0.4) is 0 Å². The Kier molecular flexibility index (Phi) is 2.98. The summed E-state index contributed by atoms with van der Waals surface area (Å²) in [5, 5.41) is 11.6. The predicted octanol–water partition coefficient (Wildman–Crippen LogP) is 3.79. The largest absolute Gasteiger partial charge is 0.392 e. The highest BCUT2D eigenvalue weighted by atomic mass is 32.1. The van der Waals surface area contributed by atoms with Gasteiger partial charge in [0.05, 0.1) is 23.4 Å². The molecule has 0 atom stereocenters. The second-order valence-corrected chi connectivity index (χ2v) is 6.14. The molecular weight excluding hydrogens is 280 g/mol. The summed E-state index contributed by atoms with van der Waals surface area (Å²) in [7, 11) is 0. The highest BCUT2D eigenvalue weighted by molar-refractivity contribution is 7.18. The second-order valence-electron chi connectivity index (χ2n) is 5.03. The van der Waals surface area contributed by atoms with E-state index in [1.807, 2.05) is 30.3 Å². The number of aliphatic hydroxyl groups excluding tert-OH is 1. The Morgan fingerprint density at radius 2 is 1.95 bits per heavy atom. The molecule has 2 aromatic heterocycles. The monoisotopic (exact) mass is 294 g/mol. The molecule has 2 heterocycles. The highest BCUT2D eigenvalue weighted by Gasteiger charge is 2.08. The van der Waals surface area contributed by atoms with Crippen LogP contribution in [0.5, 0.6) is 0 Å². The zero-order chi connectivity index (χ0) is 14.2. The van der Waals surface area contributed by atoms with Crippen LogP contribution < -0.4 is 0 Å². The zero-order valence-corrected chi connectivity index (χ0v) is 12.2. The molecule has 4 rings (SSSR count). The lowest BCUT2D eigenvalue weighted by atomic mass is 10.1. The number of aliphatic hydroxyl groups is 1. The summed E-state index contributed by atoms with van der Waals surface area (Å²) in [6, 6.07) is 16.3. The first-order chi connectivity index (χ1) is 10.3. The molecule has 1 N–H and O–H groups in total. The van der Waals surface area contributed by atoms with E-state index in [1.54, 1.807) is 11.3 Å². The predicted molar refractivity (Wildman–Crippen MR) is 86.6 cm³/mol. The lowest BCUT2D eigenvalue weighted by Crippen LogP contribution is -1.97. The van der Waals surface area contributed by atoms with Gasteiger partial charge in [0.25, 0.3) is 0 Å². The van der Waals surface area contributed by atoms with Gasteiger partial charge in [-0.15, -0.1) is 11.3 Å². The average Bonchev–Trinajstić information content (AvgIpc) is 3.11. The fourth-order valence-electron chi connectivity index (χ4n) is 2.70. The van der Waals surface area contributed by atoms with Gasteiger partial charge in [-0.1, -0.05) is 24.3 Å². The van der Waals surface area contributed by atoms with E-state index in [0.29, 0.717) is 0 Å². The molecule has 4 heteroatoms. The number of benzene rings is 2. The summed E-state index contributed by atoms with van der Waals surface area (Å²) in [6.45, 7) is 0.834. The lowest BCUT2D eigenvalue weighted by Gasteiger charge is -2.04. The summed E-state index contributed by atoms with van der Waals surface area (Å²) in [6.07, 6.45) is 2.07. The van der Waals surface area contributed by atoms with Crippen LogP contribution in [0, 0.1) is 0 Å². The Morgan fingerprint density at radius 1 is 1.05 bits per heavy atom. The van der Waals surface area contributed by atoms with Crippen molar-refractivity contribution >= 4 is 32.5 Å². The van der Waals surface area contributed by atoms with Crippen molar-refractivity contribution in [3.05, 3.63) is 65.3 Å². The summed E-state index contributed by atoms with van der Waals surface area (Å²) >= 11 is 1.73. The third-order valence-corrected chi connectivity index (χ3v) is 4.74. The van der Waals surface area contributed by atoms with E-state index < -0.39 is 0 Å². The van der Waals surface area contributed by atoms with Crippen LogP contribution in [-0.2, 0) is 13.2 Å². The van der Waals surface area contributed by atoms with Gasteiger partial charge in [0.2, 0.25) is 0 Å². The minimum atomic E-state index is 0.0719. The summed E-state index contributed by atoms with van der Waals surface area (Å²) in [5.41, 5.74) is 3.17. The summed E-state index contributed by atoms with van der Waals surface area (Å²) in [4.78, 5) is 4.69. The van der Waals surface area contributed by atoms with Gasteiger partial charge in [0.1, 0.15) is 5.01 Å². The van der Waals surface area contributed by atoms with Crippen molar-refractivity contribution in [2.75, 3.05) is 0 Å². The number of para-hydroxylation sites is 1. The van der Waals surface area contributed by atoms with E-state index in [4.69, 9.17) is 0 Å². The van der Waals surface area contributed by atoms with Crippen molar-refractivity contribution in [3.63, 3.8) is 0 Å². The number of aromatic nitrogens is 2. The first-order valence-corrected chi connectivity index (χ1v) is 7.69. The van der Waals surface area contributed by atoms with Gasteiger partial charge in [-0.25, -0.2) is 4.98 Å². The van der Waals surface area contributed by atoms with Crippen LogP contribution in [-0.4, -0.2) is 14.7 Å². The Labute approximate surface area is 126 Å². The Balaban J connectivity index is 1.77. The first kappa shape index (κ1) is 12.6. The molecule has 0 amide bonds. The number of hydrogen-bond donors (Lipinski definition) is 1. The van der Waals surface area contributed by atoms with Gasteiger partial charge in [-0.2, -0.15) is 0 Å². The van der Waals surface area contributed by atoms with Crippen LogP contribution in [0.4, 0.5) is 0 Å². The van der Waals surface area contributed by atoms with Crippen molar-refractivity contribution in [1.82, 2.24) is 9.55 Å².